The molecule has 23 heavy (non-hydrogen) atoms. The van der Waals surface area contributed by atoms with Gasteiger partial charge in [-0.25, -0.2) is 4.39 Å². The zero-order valence-corrected chi connectivity index (χ0v) is 13.7. The van der Waals surface area contributed by atoms with Crippen molar-refractivity contribution in [3.05, 3.63) is 71.8 Å². The molecule has 0 heterocycles. The Morgan fingerprint density at radius 3 is 1.83 bits per heavy atom. The molecule has 1 saturated carbocycles. The third-order valence-corrected chi connectivity index (χ3v) is 4.82. The minimum Gasteiger partial charge on any atom is -0.289 e. The van der Waals surface area contributed by atoms with Crippen LogP contribution in [0.15, 0.2) is 60.7 Å². The second-order valence-corrected chi connectivity index (χ2v) is 6.60. The molecule has 1 aliphatic rings. The van der Waals surface area contributed by atoms with Crippen LogP contribution in [0.3, 0.4) is 0 Å². The number of nitrogens with zero attached hydrogens (tertiary/aromatic N) is 1. The molecule has 2 aromatic carbocycles. The number of hydrogen-bond donors (Lipinski definition) is 0. The third-order valence-electron chi connectivity index (χ3n) is 4.82. The first-order valence-electron chi connectivity index (χ1n) is 8.79. The average Bonchev–Trinajstić information content (AvgIpc) is 2.81. The zero-order chi connectivity index (χ0) is 15.9. The van der Waals surface area contributed by atoms with Crippen molar-refractivity contribution in [1.82, 2.24) is 4.90 Å². The van der Waals surface area contributed by atoms with Crippen molar-refractivity contribution in [2.24, 2.45) is 0 Å². The summed E-state index contributed by atoms with van der Waals surface area (Å²) >= 11 is 0. The fourth-order valence-electron chi connectivity index (χ4n) is 3.58. The largest absolute Gasteiger partial charge is 0.289 e. The minimum atomic E-state index is -0.704. The molecule has 2 atom stereocenters. The van der Waals surface area contributed by atoms with Crippen LogP contribution in [-0.2, 0) is 13.1 Å². The van der Waals surface area contributed by atoms with E-state index in [2.05, 4.69) is 53.4 Å². The molecule has 2 aromatic rings. The molecule has 122 valence electrons. The summed E-state index contributed by atoms with van der Waals surface area (Å²) in [4.78, 5) is 2.35. The van der Waals surface area contributed by atoms with Crippen LogP contribution in [0.1, 0.15) is 43.2 Å². The Morgan fingerprint density at radius 2 is 1.26 bits per heavy atom. The van der Waals surface area contributed by atoms with Crippen LogP contribution < -0.4 is 0 Å². The van der Waals surface area contributed by atoms with Gasteiger partial charge in [0.15, 0.2) is 0 Å². The maximum atomic E-state index is 14.7. The number of halogens is 1. The van der Waals surface area contributed by atoms with E-state index in [9.17, 15) is 4.39 Å². The van der Waals surface area contributed by atoms with Gasteiger partial charge in [0.05, 0.1) is 0 Å². The second kappa shape index (κ2) is 8.26. The summed E-state index contributed by atoms with van der Waals surface area (Å²) in [6.45, 7) is 1.64. The molecule has 1 aliphatic carbocycles. The van der Waals surface area contributed by atoms with E-state index >= 15 is 0 Å². The van der Waals surface area contributed by atoms with Crippen molar-refractivity contribution in [1.29, 1.82) is 0 Å². The van der Waals surface area contributed by atoms with E-state index in [1.54, 1.807) is 0 Å². The topological polar surface area (TPSA) is 3.24 Å². The van der Waals surface area contributed by atoms with Gasteiger partial charge < -0.3 is 0 Å². The Morgan fingerprint density at radius 1 is 0.739 bits per heavy atom. The Kier molecular flexibility index (Phi) is 5.82. The lowest BCUT2D eigenvalue weighted by atomic mass is 10.0. The highest BCUT2D eigenvalue weighted by molar-refractivity contribution is 5.17. The van der Waals surface area contributed by atoms with E-state index in [0.717, 1.165) is 32.4 Å². The molecular formula is C21H26FN. The Hall–Kier alpha value is -1.67. The van der Waals surface area contributed by atoms with E-state index in [0.29, 0.717) is 6.42 Å². The Labute approximate surface area is 139 Å². The van der Waals surface area contributed by atoms with Gasteiger partial charge in [-0.2, -0.15) is 0 Å². The highest BCUT2D eigenvalue weighted by atomic mass is 19.1. The molecular weight excluding hydrogens is 285 g/mol. The first-order valence-corrected chi connectivity index (χ1v) is 8.79. The van der Waals surface area contributed by atoms with E-state index in [1.165, 1.54) is 17.5 Å². The lowest BCUT2D eigenvalue weighted by Crippen LogP contribution is -2.40. The maximum Gasteiger partial charge on any atom is 0.116 e. The monoisotopic (exact) mass is 311 g/mol. The van der Waals surface area contributed by atoms with Crippen LogP contribution >= 0.6 is 0 Å². The molecule has 1 nitrogen and oxygen atoms in total. The van der Waals surface area contributed by atoms with E-state index in [4.69, 9.17) is 0 Å². The highest BCUT2D eigenvalue weighted by Crippen LogP contribution is 2.27. The van der Waals surface area contributed by atoms with Gasteiger partial charge in [-0.15, -0.1) is 0 Å². The summed E-state index contributed by atoms with van der Waals surface area (Å²) in [7, 11) is 0. The summed E-state index contributed by atoms with van der Waals surface area (Å²) in [5.74, 6) is 0. The standard InChI is InChI=1S/C21H26FN/c22-20-14-8-3-9-15-21(20)23(16-18-10-4-1-5-11-18)17-19-12-6-2-7-13-19/h1-2,4-7,10-13,20-21H,3,8-9,14-17H2/t20-,21-/m1/s1. The Balaban J connectivity index is 1.79. The van der Waals surface area contributed by atoms with Gasteiger partial charge >= 0.3 is 0 Å². The fraction of sp³-hybridized carbons (Fsp3) is 0.429. The molecule has 0 N–H and O–H groups in total. The summed E-state index contributed by atoms with van der Waals surface area (Å²) in [5.41, 5.74) is 2.53. The van der Waals surface area contributed by atoms with Gasteiger partial charge in [0, 0.05) is 19.1 Å². The van der Waals surface area contributed by atoms with Crippen molar-refractivity contribution < 1.29 is 4.39 Å². The smallest absolute Gasteiger partial charge is 0.116 e. The van der Waals surface area contributed by atoms with Crippen molar-refractivity contribution in [2.75, 3.05) is 0 Å². The average molecular weight is 311 g/mol. The number of hydrogen-bond acceptors (Lipinski definition) is 1. The number of benzene rings is 2. The van der Waals surface area contributed by atoms with Crippen LogP contribution in [0.25, 0.3) is 0 Å². The molecule has 0 radical (unpaired) electrons. The second-order valence-electron chi connectivity index (χ2n) is 6.60. The molecule has 0 saturated heterocycles. The summed E-state index contributed by atoms with van der Waals surface area (Å²) in [6, 6.07) is 20.9. The van der Waals surface area contributed by atoms with Crippen LogP contribution in [0.5, 0.6) is 0 Å². The SMILES string of the molecule is F[C@@H]1CCCCC[C@H]1N(Cc1ccccc1)Cc1ccccc1. The van der Waals surface area contributed by atoms with Gasteiger partial charge in [-0.3, -0.25) is 4.90 Å². The van der Waals surface area contributed by atoms with Gasteiger partial charge in [-0.1, -0.05) is 79.9 Å². The van der Waals surface area contributed by atoms with Crippen molar-refractivity contribution in [3.8, 4) is 0 Å². The van der Waals surface area contributed by atoms with Gasteiger partial charge in [0.25, 0.3) is 0 Å². The van der Waals surface area contributed by atoms with Crippen molar-refractivity contribution in [2.45, 2.75) is 57.4 Å². The van der Waals surface area contributed by atoms with E-state index < -0.39 is 6.17 Å². The molecule has 0 spiro atoms. The molecule has 2 heteroatoms. The maximum absolute atomic E-state index is 14.7. The number of alkyl halides is 1. The predicted octanol–water partition coefficient (Wildman–Crippen LogP) is 5.36. The fourth-order valence-corrected chi connectivity index (χ4v) is 3.58. The molecule has 3 rings (SSSR count). The first kappa shape index (κ1) is 16.2. The zero-order valence-electron chi connectivity index (χ0n) is 13.7. The lowest BCUT2D eigenvalue weighted by Gasteiger charge is -2.33. The molecule has 1 fully saturated rings. The summed E-state index contributed by atoms with van der Waals surface area (Å²) in [5, 5.41) is 0. The van der Waals surface area contributed by atoms with Crippen molar-refractivity contribution in [3.63, 3.8) is 0 Å². The van der Waals surface area contributed by atoms with Gasteiger partial charge in [-0.05, 0) is 24.0 Å². The lowest BCUT2D eigenvalue weighted by molar-refractivity contribution is 0.0900. The van der Waals surface area contributed by atoms with Crippen LogP contribution in [0.4, 0.5) is 4.39 Å². The minimum absolute atomic E-state index is 0.0397. The molecule has 0 unspecified atom stereocenters. The predicted molar refractivity (Wildman–Crippen MR) is 93.9 cm³/mol. The first-order chi connectivity index (χ1) is 11.3. The summed E-state index contributed by atoms with van der Waals surface area (Å²) in [6.07, 6.45) is 4.32. The van der Waals surface area contributed by atoms with Crippen molar-refractivity contribution >= 4 is 0 Å². The van der Waals surface area contributed by atoms with E-state index in [1.807, 2.05) is 12.1 Å². The van der Waals surface area contributed by atoms with Crippen LogP contribution in [0.2, 0.25) is 0 Å². The molecule has 0 amide bonds. The van der Waals surface area contributed by atoms with Gasteiger partial charge in [0.1, 0.15) is 6.17 Å². The summed E-state index contributed by atoms with van der Waals surface area (Å²) < 4.78 is 14.7. The normalized spacial score (nSPS) is 22.0. The van der Waals surface area contributed by atoms with Gasteiger partial charge in [0.2, 0.25) is 0 Å². The quantitative estimate of drug-likeness (QED) is 0.672. The number of rotatable bonds is 5. The van der Waals surface area contributed by atoms with E-state index in [-0.39, 0.29) is 6.04 Å². The van der Waals surface area contributed by atoms with Crippen LogP contribution in [0, 0.1) is 0 Å². The highest BCUT2D eigenvalue weighted by Gasteiger charge is 2.29. The Bertz CT molecular complexity index is 527. The van der Waals surface area contributed by atoms with Crippen LogP contribution in [-0.4, -0.2) is 17.1 Å². The molecule has 0 bridgehead atoms. The molecule has 0 aliphatic heterocycles. The molecule has 0 aromatic heterocycles. The third kappa shape index (κ3) is 4.65.